The van der Waals surface area contributed by atoms with Crippen molar-refractivity contribution in [2.45, 2.75) is 76.9 Å². The number of morpholine rings is 1. The van der Waals surface area contributed by atoms with Crippen LogP contribution in [0.25, 0.3) is 0 Å². The Morgan fingerprint density at radius 3 is 2.62 bits per heavy atom. The minimum Gasteiger partial charge on any atom is -0.493 e. The molecule has 5 rings (SSSR count). The highest BCUT2D eigenvalue weighted by Gasteiger charge is 2.51. The Kier molecular flexibility index (Phi) is 12.2. The zero-order valence-electron chi connectivity index (χ0n) is 28.2. The van der Waals surface area contributed by atoms with Crippen LogP contribution in [0.3, 0.4) is 0 Å². The normalized spacial score (nSPS) is 29.0. The number of rotatable bonds is 13. The molecule has 0 aromatic heterocycles. The predicted molar refractivity (Wildman–Crippen MR) is 174 cm³/mol. The van der Waals surface area contributed by atoms with Gasteiger partial charge >= 0.3 is 0 Å². The van der Waals surface area contributed by atoms with Gasteiger partial charge in [-0.15, -0.1) is 0 Å². The van der Waals surface area contributed by atoms with E-state index in [1.165, 1.54) is 7.11 Å². The Balaban J connectivity index is 1.47. The Morgan fingerprint density at radius 1 is 1.17 bits per heavy atom. The molecule has 2 aliphatic heterocycles. The van der Waals surface area contributed by atoms with Crippen molar-refractivity contribution in [1.29, 1.82) is 0 Å². The summed E-state index contributed by atoms with van der Waals surface area (Å²) in [4.78, 5) is 31.7. The van der Waals surface area contributed by atoms with Gasteiger partial charge in [-0.25, -0.2) is 0 Å². The van der Waals surface area contributed by atoms with Crippen LogP contribution >= 0.6 is 0 Å². The summed E-state index contributed by atoms with van der Waals surface area (Å²) in [7, 11) is 1.50. The van der Waals surface area contributed by atoms with E-state index in [-0.39, 0.29) is 38.4 Å². The number of benzene rings is 1. The Labute approximate surface area is 278 Å². The molecule has 1 saturated heterocycles. The van der Waals surface area contributed by atoms with E-state index < -0.39 is 30.1 Å². The molecule has 2 heterocycles. The van der Waals surface area contributed by atoms with Crippen LogP contribution in [0.4, 0.5) is 0 Å². The number of hydrogen-bond donors (Lipinski definition) is 4. The van der Waals surface area contributed by atoms with Crippen molar-refractivity contribution in [3.8, 4) is 11.5 Å². The molecule has 262 valence electrons. The zero-order chi connectivity index (χ0) is 33.7. The van der Waals surface area contributed by atoms with E-state index in [4.69, 9.17) is 18.9 Å². The van der Waals surface area contributed by atoms with Gasteiger partial charge in [0.1, 0.15) is 18.8 Å². The van der Waals surface area contributed by atoms with Gasteiger partial charge in [0.15, 0.2) is 11.5 Å². The lowest BCUT2D eigenvalue weighted by atomic mass is 9.75. The summed E-state index contributed by atoms with van der Waals surface area (Å²) < 4.78 is 23.9. The second kappa shape index (κ2) is 16.1. The highest BCUT2D eigenvalue weighted by atomic mass is 16.5. The van der Waals surface area contributed by atoms with Crippen LogP contribution < -0.4 is 14.8 Å². The lowest BCUT2D eigenvalue weighted by Gasteiger charge is -2.42. The van der Waals surface area contributed by atoms with Gasteiger partial charge in [0.25, 0.3) is 0 Å². The van der Waals surface area contributed by atoms with Crippen molar-refractivity contribution in [2.75, 3.05) is 66.3 Å². The molecule has 4 N–H and O–H groups in total. The van der Waals surface area contributed by atoms with E-state index in [0.717, 1.165) is 32.4 Å². The van der Waals surface area contributed by atoms with Crippen molar-refractivity contribution in [3.63, 3.8) is 0 Å². The van der Waals surface area contributed by atoms with Gasteiger partial charge in [-0.1, -0.05) is 27.2 Å². The first-order valence-electron chi connectivity index (χ1n) is 17.1. The molecule has 47 heavy (non-hydrogen) atoms. The topological polar surface area (TPSA) is 150 Å². The Morgan fingerprint density at radius 2 is 1.94 bits per heavy atom. The summed E-state index contributed by atoms with van der Waals surface area (Å²) in [6.07, 6.45) is 2.68. The number of nitrogens with zero attached hydrogens (tertiary/aromatic N) is 2. The third-order valence-corrected chi connectivity index (χ3v) is 10.3. The lowest BCUT2D eigenvalue weighted by molar-refractivity contribution is -0.147. The van der Waals surface area contributed by atoms with Crippen LogP contribution in [0.2, 0.25) is 0 Å². The quantitative estimate of drug-likeness (QED) is 0.245. The van der Waals surface area contributed by atoms with Gasteiger partial charge in [0, 0.05) is 43.9 Å². The molecule has 1 saturated carbocycles. The number of aliphatic hydroxyl groups excluding tert-OH is 3. The first-order chi connectivity index (χ1) is 22.7. The van der Waals surface area contributed by atoms with E-state index in [1.807, 2.05) is 0 Å². The first kappa shape index (κ1) is 35.6. The number of methoxy groups -OCH3 is 1. The summed E-state index contributed by atoms with van der Waals surface area (Å²) in [5.41, 5.74) is 1.51. The third-order valence-electron chi connectivity index (χ3n) is 10.3. The molecule has 7 unspecified atom stereocenters. The molecule has 2 fully saturated rings. The maximum absolute atomic E-state index is 14.2. The van der Waals surface area contributed by atoms with Crippen LogP contribution in [-0.2, 0) is 25.7 Å². The van der Waals surface area contributed by atoms with Gasteiger partial charge in [0.2, 0.25) is 11.8 Å². The number of aliphatic hydroxyl groups is 3. The summed E-state index contributed by atoms with van der Waals surface area (Å²) in [6, 6.07) is 2.54. The summed E-state index contributed by atoms with van der Waals surface area (Å²) >= 11 is 0. The average molecular weight is 660 g/mol. The monoisotopic (exact) mass is 659 g/mol. The second-order valence-electron chi connectivity index (χ2n) is 13.7. The smallest absolute Gasteiger partial charge is 0.249 e. The summed E-state index contributed by atoms with van der Waals surface area (Å²) in [6.45, 7) is 9.63. The molecule has 2 aliphatic carbocycles. The van der Waals surface area contributed by atoms with Crippen LogP contribution in [0.5, 0.6) is 11.5 Å². The number of amides is 2. The molecule has 7 atom stereocenters. The molecule has 0 bridgehead atoms. The third kappa shape index (κ3) is 7.95. The Bertz CT molecular complexity index is 1270. The molecule has 12 heteroatoms. The number of nitrogens with one attached hydrogen (secondary N) is 1. The molecule has 2 amide bonds. The number of ether oxygens (including phenoxy) is 4. The van der Waals surface area contributed by atoms with Gasteiger partial charge in [-0.3, -0.25) is 14.5 Å². The van der Waals surface area contributed by atoms with Gasteiger partial charge < -0.3 is 44.5 Å². The molecular weight excluding hydrogens is 606 g/mol. The average Bonchev–Trinajstić information content (AvgIpc) is 3.47. The fraction of sp³-hybridized carbons (Fsp3) is 0.714. The fourth-order valence-electron chi connectivity index (χ4n) is 7.70. The number of carbonyl (C=O) groups excluding carboxylic acids is 2. The highest BCUT2D eigenvalue weighted by molar-refractivity contribution is 5.96. The molecule has 0 spiro atoms. The van der Waals surface area contributed by atoms with E-state index in [1.54, 1.807) is 23.1 Å². The van der Waals surface area contributed by atoms with Crippen LogP contribution in [0.1, 0.15) is 57.1 Å². The maximum Gasteiger partial charge on any atom is 0.249 e. The summed E-state index contributed by atoms with van der Waals surface area (Å²) in [5.74, 6) is 0.727. The summed E-state index contributed by atoms with van der Waals surface area (Å²) in [5, 5.41) is 34.1. The van der Waals surface area contributed by atoms with Crippen molar-refractivity contribution in [1.82, 2.24) is 15.1 Å². The van der Waals surface area contributed by atoms with Crippen LogP contribution in [0.15, 0.2) is 23.8 Å². The van der Waals surface area contributed by atoms with E-state index in [2.05, 4.69) is 31.0 Å². The van der Waals surface area contributed by atoms with Gasteiger partial charge in [-0.2, -0.15) is 0 Å². The second-order valence-corrected chi connectivity index (χ2v) is 13.7. The van der Waals surface area contributed by atoms with E-state index in [9.17, 15) is 24.9 Å². The number of hydrogen-bond acceptors (Lipinski definition) is 10. The van der Waals surface area contributed by atoms with Gasteiger partial charge in [0.05, 0.1) is 51.6 Å². The van der Waals surface area contributed by atoms with Crippen LogP contribution in [-0.4, -0.2) is 128 Å². The van der Waals surface area contributed by atoms with E-state index in [0.29, 0.717) is 72.3 Å². The van der Waals surface area contributed by atoms with Crippen molar-refractivity contribution < 1.29 is 43.9 Å². The molecule has 4 aliphatic rings. The predicted octanol–water partition coefficient (Wildman–Crippen LogP) is 1.45. The van der Waals surface area contributed by atoms with Crippen LogP contribution in [0, 0.1) is 17.8 Å². The number of carbonyl (C=O) groups is 2. The van der Waals surface area contributed by atoms with Crippen molar-refractivity contribution in [2.24, 2.45) is 17.8 Å². The minimum atomic E-state index is -1.18. The molecule has 12 nitrogen and oxygen atoms in total. The minimum absolute atomic E-state index is 0.0272. The lowest BCUT2D eigenvalue weighted by Crippen LogP contribution is -2.58. The van der Waals surface area contributed by atoms with Crippen molar-refractivity contribution >= 4 is 11.8 Å². The molecule has 0 radical (unpaired) electrons. The maximum atomic E-state index is 14.2. The Hall–Kier alpha value is -2.74. The van der Waals surface area contributed by atoms with Gasteiger partial charge in [-0.05, 0) is 54.4 Å². The molecule has 1 aromatic rings. The largest absolute Gasteiger partial charge is 0.493 e. The standard InChI is InChI=1S/C35H53N3O9/c1-21(2)24-6-5-22(3)15-28(24)46-20-30(41)38(9-8-37-10-13-45-14-11-37)27-18-26(35(43)36-7-12-39)31-25-16-23(19-40)17-29(44-4)33(25)47-34(31)32(27)42/h16-18,21-22,24,27-28,31-32,34,39-40,42H,5-15,19-20H2,1-4H3,(H,36,43). The zero-order valence-corrected chi connectivity index (χ0v) is 28.2. The molecule has 1 aromatic carbocycles. The fourth-order valence-corrected chi connectivity index (χ4v) is 7.70. The van der Waals surface area contributed by atoms with E-state index >= 15 is 0 Å². The first-order valence-corrected chi connectivity index (χ1v) is 17.1. The highest BCUT2D eigenvalue weighted by Crippen LogP contribution is 2.51. The SMILES string of the molecule is COc1cc(CO)cc2c1OC1C2C(C(=O)NCCO)=CC(N(CCN2CCOCC2)C(=O)COC2CC(C)CCC2C(C)C)C1O. The van der Waals surface area contributed by atoms with Crippen molar-refractivity contribution in [3.05, 3.63) is 34.9 Å². The number of fused-ring (bicyclic) bond motifs is 3. The molecular formula is C35H53N3O9.